The summed E-state index contributed by atoms with van der Waals surface area (Å²) in [5.74, 6) is 0.792. The first-order valence-corrected chi connectivity index (χ1v) is 8.09. The van der Waals surface area contributed by atoms with Crippen molar-refractivity contribution in [1.29, 1.82) is 0 Å². The normalized spacial score (nSPS) is 23.8. The number of nitrogens with zero attached hydrogens (tertiary/aromatic N) is 1. The van der Waals surface area contributed by atoms with E-state index >= 15 is 0 Å². The van der Waals surface area contributed by atoms with Gasteiger partial charge in [0.1, 0.15) is 0 Å². The SMILES string of the molecule is CC(C)CN(CCC1(CN)CCC1)C1CCCC1. The molecule has 2 nitrogen and oxygen atoms in total. The van der Waals surface area contributed by atoms with Crippen molar-refractivity contribution in [1.82, 2.24) is 4.90 Å². The molecule has 0 aromatic carbocycles. The third kappa shape index (κ3) is 3.48. The van der Waals surface area contributed by atoms with Gasteiger partial charge in [0.05, 0.1) is 0 Å². The molecule has 0 heterocycles. The molecule has 2 N–H and O–H groups in total. The Hall–Kier alpha value is -0.0800. The second-order valence-corrected chi connectivity index (χ2v) is 7.13. The van der Waals surface area contributed by atoms with Crippen molar-refractivity contribution >= 4 is 0 Å². The van der Waals surface area contributed by atoms with E-state index < -0.39 is 0 Å². The average Bonchev–Trinajstić information content (AvgIpc) is 2.79. The van der Waals surface area contributed by atoms with Gasteiger partial charge in [-0.15, -0.1) is 0 Å². The van der Waals surface area contributed by atoms with Gasteiger partial charge in [0.25, 0.3) is 0 Å². The van der Waals surface area contributed by atoms with Crippen molar-refractivity contribution in [2.24, 2.45) is 17.1 Å². The standard InChI is InChI=1S/C16H32N2/c1-14(2)12-18(15-6-3-4-7-15)11-10-16(13-17)8-5-9-16/h14-15H,3-13,17H2,1-2H3. The predicted octanol–water partition coefficient (Wildman–Crippen LogP) is 3.41. The fraction of sp³-hybridized carbons (Fsp3) is 1.00. The maximum Gasteiger partial charge on any atom is 0.00953 e. The minimum absolute atomic E-state index is 0.522. The van der Waals surface area contributed by atoms with E-state index in [4.69, 9.17) is 5.73 Å². The van der Waals surface area contributed by atoms with Crippen molar-refractivity contribution in [2.75, 3.05) is 19.6 Å². The average molecular weight is 252 g/mol. The monoisotopic (exact) mass is 252 g/mol. The van der Waals surface area contributed by atoms with E-state index in [1.54, 1.807) is 0 Å². The van der Waals surface area contributed by atoms with E-state index in [1.165, 1.54) is 64.5 Å². The van der Waals surface area contributed by atoms with Gasteiger partial charge in [-0.05, 0) is 56.5 Å². The van der Waals surface area contributed by atoms with E-state index in [2.05, 4.69) is 18.7 Å². The van der Waals surface area contributed by atoms with Crippen molar-refractivity contribution in [3.8, 4) is 0 Å². The summed E-state index contributed by atoms with van der Waals surface area (Å²) in [6.45, 7) is 8.19. The first kappa shape index (κ1) is 14.3. The molecule has 0 aromatic rings. The number of hydrogen-bond acceptors (Lipinski definition) is 2. The van der Waals surface area contributed by atoms with Gasteiger partial charge in [-0.2, -0.15) is 0 Å². The van der Waals surface area contributed by atoms with Crippen LogP contribution in [0.3, 0.4) is 0 Å². The van der Waals surface area contributed by atoms with Crippen LogP contribution < -0.4 is 5.73 Å². The van der Waals surface area contributed by atoms with Gasteiger partial charge in [0.2, 0.25) is 0 Å². The molecule has 0 aliphatic heterocycles. The molecular weight excluding hydrogens is 220 g/mol. The summed E-state index contributed by atoms with van der Waals surface area (Å²) in [6.07, 6.45) is 11.3. The van der Waals surface area contributed by atoms with E-state index in [0.29, 0.717) is 5.41 Å². The zero-order chi connectivity index (χ0) is 13.0. The van der Waals surface area contributed by atoms with Crippen LogP contribution in [0.1, 0.15) is 65.2 Å². The first-order valence-electron chi connectivity index (χ1n) is 8.09. The molecule has 2 aliphatic carbocycles. The van der Waals surface area contributed by atoms with E-state index in [-0.39, 0.29) is 0 Å². The van der Waals surface area contributed by atoms with E-state index in [9.17, 15) is 0 Å². The fourth-order valence-corrected chi connectivity index (χ4v) is 3.78. The lowest BCUT2D eigenvalue weighted by Crippen LogP contribution is -2.43. The summed E-state index contributed by atoms with van der Waals surface area (Å²) in [5.41, 5.74) is 6.51. The lowest BCUT2D eigenvalue weighted by atomic mass is 9.66. The summed E-state index contributed by atoms with van der Waals surface area (Å²) in [4.78, 5) is 2.79. The van der Waals surface area contributed by atoms with Crippen molar-refractivity contribution < 1.29 is 0 Å². The molecule has 0 aromatic heterocycles. The molecule has 0 spiro atoms. The molecule has 0 bridgehead atoms. The van der Waals surface area contributed by atoms with Gasteiger partial charge in [-0.1, -0.05) is 33.1 Å². The Labute approximate surface area is 113 Å². The Balaban J connectivity index is 1.84. The van der Waals surface area contributed by atoms with Crippen LogP contribution in [0.15, 0.2) is 0 Å². The Kier molecular flexibility index (Phi) is 5.08. The molecule has 2 saturated carbocycles. The van der Waals surface area contributed by atoms with Crippen LogP contribution in [0.25, 0.3) is 0 Å². The third-order valence-electron chi connectivity index (χ3n) is 5.22. The van der Waals surface area contributed by atoms with Crippen LogP contribution >= 0.6 is 0 Å². The molecule has 0 amide bonds. The quantitative estimate of drug-likeness (QED) is 0.752. The van der Waals surface area contributed by atoms with Crippen LogP contribution in [0, 0.1) is 11.3 Å². The van der Waals surface area contributed by atoms with E-state index in [1.807, 2.05) is 0 Å². The molecular formula is C16H32N2. The molecule has 0 atom stereocenters. The fourth-order valence-electron chi connectivity index (χ4n) is 3.78. The summed E-state index contributed by atoms with van der Waals surface area (Å²) in [5, 5.41) is 0. The summed E-state index contributed by atoms with van der Waals surface area (Å²) in [6, 6.07) is 0.877. The number of rotatable bonds is 7. The minimum atomic E-state index is 0.522. The van der Waals surface area contributed by atoms with Gasteiger partial charge in [-0.25, -0.2) is 0 Å². The highest BCUT2D eigenvalue weighted by molar-refractivity contribution is 4.90. The summed E-state index contributed by atoms with van der Waals surface area (Å²) < 4.78 is 0. The van der Waals surface area contributed by atoms with Gasteiger partial charge < -0.3 is 10.6 Å². The van der Waals surface area contributed by atoms with Crippen molar-refractivity contribution in [2.45, 2.75) is 71.3 Å². The second-order valence-electron chi connectivity index (χ2n) is 7.13. The van der Waals surface area contributed by atoms with Crippen LogP contribution in [-0.4, -0.2) is 30.6 Å². The van der Waals surface area contributed by atoms with Crippen LogP contribution in [0.4, 0.5) is 0 Å². The van der Waals surface area contributed by atoms with Gasteiger partial charge in [0, 0.05) is 12.6 Å². The zero-order valence-electron chi connectivity index (χ0n) is 12.5. The smallest absolute Gasteiger partial charge is 0.00953 e. The number of hydrogen-bond donors (Lipinski definition) is 1. The maximum absolute atomic E-state index is 5.99. The molecule has 2 rings (SSSR count). The maximum atomic E-state index is 5.99. The van der Waals surface area contributed by atoms with Crippen LogP contribution in [0.2, 0.25) is 0 Å². The number of nitrogens with two attached hydrogens (primary N) is 1. The highest BCUT2D eigenvalue weighted by Gasteiger charge is 2.36. The minimum Gasteiger partial charge on any atom is -0.330 e. The largest absolute Gasteiger partial charge is 0.330 e. The molecule has 2 aliphatic rings. The predicted molar refractivity (Wildman–Crippen MR) is 78.6 cm³/mol. The lowest BCUT2D eigenvalue weighted by molar-refractivity contribution is 0.0864. The molecule has 2 fully saturated rings. The third-order valence-corrected chi connectivity index (χ3v) is 5.22. The highest BCUT2D eigenvalue weighted by atomic mass is 15.2. The Morgan fingerprint density at radius 3 is 2.28 bits per heavy atom. The molecule has 0 unspecified atom stereocenters. The molecule has 106 valence electrons. The summed E-state index contributed by atoms with van der Waals surface area (Å²) in [7, 11) is 0. The van der Waals surface area contributed by atoms with Crippen LogP contribution in [0.5, 0.6) is 0 Å². The Morgan fingerprint density at radius 2 is 1.83 bits per heavy atom. The Bertz CT molecular complexity index is 234. The second kappa shape index (κ2) is 6.38. The molecule has 2 heteroatoms. The molecule has 18 heavy (non-hydrogen) atoms. The first-order chi connectivity index (χ1) is 8.65. The lowest BCUT2D eigenvalue weighted by Gasteiger charge is -2.43. The Morgan fingerprint density at radius 1 is 1.17 bits per heavy atom. The molecule has 0 saturated heterocycles. The van der Waals surface area contributed by atoms with Crippen molar-refractivity contribution in [3.05, 3.63) is 0 Å². The van der Waals surface area contributed by atoms with Gasteiger partial charge >= 0.3 is 0 Å². The zero-order valence-corrected chi connectivity index (χ0v) is 12.5. The van der Waals surface area contributed by atoms with E-state index in [0.717, 1.165) is 18.5 Å². The van der Waals surface area contributed by atoms with Gasteiger partial charge in [-0.3, -0.25) is 0 Å². The molecule has 0 radical (unpaired) electrons. The highest BCUT2D eigenvalue weighted by Crippen LogP contribution is 2.43. The summed E-state index contributed by atoms with van der Waals surface area (Å²) >= 11 is 0. The van der Waals surface area contributed by atoms with Gasteiger partial charge in [0.15, 0.2) is 0 Å². The van der Waals surface area contributed by atoms with Crippen molar-refractivity contribution in [3.63, 3.8) is 0 Å². The topological polar surface area (TPSA) is 29.3 Å². The van der Waals surface area contributed by atoms with Crippen LogP contribution in [-0.2, 0) is 0 Å².